The van der Waals surface area contributed by atoms with Gasteiger partial charge in [-0.3, -0.25) is 0 Å². The Kier molecular flexibility index (Phi) is 1.63. The molecule has 2 nitrogen and oxygen atoms in total. The summed E-state index contributed by atoms with van der Waals surface area (Å²) in [6.07, 6.45) is 0. The first-order valence-corrected chi connectivity index (χ1v) is 4.54. The molecule has 1 heterocycles. The smallest absolute Gasteiger partial charge is 0.124 e. The van der Waals surface area contributed by atoms with Gasteiger partial charge in [0.2, 0.25) is 0 Å². The lowest BCUT2D eigenvalue weighted by atomic mass is 10.2. The Balaban J connectivity index is 2.93. The number of halogens is 1. The van der Waals surface area contributed by atoms with Crippen molar-refractivity contribution in [3.8, 4) is 5.75 Å². The van der Waals surface area contributed by atoms with Crippen molar-refractivity contribution >= 4 is 38.0 Å². The largest absolute Gasteiger partial charge is 0.507 e. The van der Waals surface area contributed by atoms with Crippen LogP contribution in [-0.4, -0.2) is 5.11 Å². The molecule has 0 saturated carbocycles. The predicted octanol–water partition coefficient (Wildman–Crippen LogP) is 2.84. The fraction of sp³-hybridized carbons (Fsp3) is 0. The van der Waals surface area contributed by atoms with Gasteiger partial charge in [0, 0.05) is 5.39 Å². The Morgan fingerprint density at radius 1 is 1.42 bits per heavy atom. The molecule has 0 fully saturated rings. The van der Waals surface area contributed by atoms with E-state index < -0.39 is 0 Å². The van der Waals surface area contributed by atoms with Gasteiger partial charge < -0.3 is 10.8 Å². The lowest BCUT2D eigenvalue weighted by Crippen LogP contribution is -1.73. The second-order valence-corrected chi connectivity index (χ2v) is 3.95. The van der Waals surface area contributed by atoms with E-state index in [4.69, 9.17) is 17.3 Å². The van der Waals surface area contributed by atoms with Crippen molar-refractivity contribution in [3.05, 3.63) is 23.2 Å². The van der Waals surface area contributed by atoms with Crippen molar-refractivity contribution in [2.75, 3.05) is 5.73 Å². The SMILES string of the molecule is Nc1cc2c(O)ccc(Cl)c2s1. The third kappa shape index (κ3) is 1.02. The van der Waals surface area contributed by atoms with Crippen LogP contribution in [0.3, 0.4) is 0 Å². The average molecular weight is 200 g/mol. The summed E-state index contributed by atoms with van der Waals surface area (Å²) in [7, 11) is 0. The molecular formula is C8H6ClNOS. The van der Waals surface area contributed by atoms with Crippen LogP contribution < -0.4 is 5.73 Å². The summed E-state index contributed by atoms with van der Waals surface area (Å²) in [6, 6.07) is 4.95. The van der Waals surface area contributed by atoms with E-state index in [9.17, 15) is 5.11 Å². The van der Waals surface area contributed by atoms with E-state index in [1.807, 2.05) is 0 Å². The van der Waals surface area contributed by atoms with Gasteiger partial charge in [-0.25, -0.2) is 0 Å². The molecule has 12 heavy (non-hydrogen) atoms. The minimum Gasteiger partial charge on any atom is -0.507 e. The molecule has 2 rings (SSSR count). The van der Waals surface area contributed by atoms with Crippen molar-refractivity contribution in [1.29, 1.82) is 0 Å². The van der Waals surface area contributed by atoms with Crippen LogP contribution in [0.1, 0.15) is 0 Å². The van der Waals surface area contributed by atoms with Crippen molar-refractivity contribution in [1.82, 2.24) is 0 Å². The molecule has 0 aliphatic heterocycles. The number of rotatable bonds is 0. The van der Waals surface area contributed by atoms with Crippen LogP contribution in [0.15, 0.2) is 18.2 Å². The molecule has 0 saturated heterocycles. The van der Waals surface area contributed by atoms with E-state index in [1.165, 1.54) is 11.3 Å². The van der Waals surface area contributed by atoms with Crippen LogP contribution in [0, 0.1) is 0 Å². The molecule has 0 radical (unpaired) electrons. The molecule has 62 valence electrons. The highest BCUT2D eigenvalue weighted by molar-refractivity contribution is 7.23. The number of anilines is 1. The maximum atomic E-state index is 9.40. The van der Waals surface area contributed by atoms with Gasteiger partial charge in [-0.15, -0.1) is 11.3 Å². The van der Waals surface area contributed by atoms with E-state index in [0.717, 1.165) is 10.1 Å². The highest BCUT2D eigenvalue weighted by Gasteiger charge is 2.06. The van der Waals surface area contributed by atoms with E-state index >= 15 is 0 Å². The molecule has 1 aromatic carbocycles. The highest BCUT2D eigenvalue weighted by atomic mass is 35.5. The normalized spacial score (nSPS) is 10.8. The molecule has 0 bridgehead atoms. The quantitative estimate of drug-likeness (QED) is 0.686. The van der Waals surface area contributed by atoms with Gasteiger partial charge in [0.05, 0.1) is 14.7 Å². The molecule has 0 unspecified atom stereocenters. The number of hydrogen-bond donors (Lipinski definition) is 2. The lowest BCUT2D eigenvalue weighted by Gasteiger charge is -1.94. The summed E-state index contributed by atoms with van der Waals surface area (Å²) >= 11 is 7.26. The van der Waals surface area contributed by atoms with Crippen LogP contribution in [0.4, 0.5) is 5.00 Å². The Hall–Kier alpha value is -0.930. The zero-order chi connectivity index (χ0) is 8.72. The van der Waals surface area contributed by atoms with Gasteiger partial charge in [-0.2, -0.15) is 0 Å². The fourth-order valence-electron chi connectivity index (χ4n) is 1.10. The number of nitrogens with two attached hydrogens (primary N) is 1. The number of benzene rings is 1. The van der Waals surface area contributed by atoms with Crippen LogP contribution in [-0.2, 0) is 0 Å². The van der Waals surface area contributed by atoms with Crippen LogP contribution in [0.25, 0.3) is 10.1 Å². The van der Waals surface area contributed by atoms with Gasteiger partial charge in [-0.1, -0.05) is 11.6 Å². The summed E-state index contributed by atoms with van der Waals surface area (Å²) in [6.45, 7) is 0. The predicted molar refractivity (Wildman–Crippen MR) is 52.9 cm³/mol. The standard InChI is InChI=1S/C8H6ClNOS/c9-5-1-2-6(11)4-3-7(10)12-8(4)5/h1-3,11H,10H2. The van der Waals surface area contributed by atoms with Gasteiger partial charge >= 0.3 is 0 Å². The molecule has 0 spiro atoms. The number of nitrogen functional groups attached to an aromatic ring is 1. The number of phenols is 1. The van der Waals surface area contributed by atoms with Gasteiger partial charge in [0.15, 0.2) is 0 Å². The topological polar surface area (TPSA) is 46.2 Å². The third-order valence-electron chi connectivity index (χ3n) is 1.63. The fourth-order valence-corrected chi connectivity index (χ4v) is 2.23. The maximum Gasteiger partial charge on any atom is 0.124 e. The number of phenolic OH excluding ortho intramolecular Hbond substituents is 1. The van der Waals surface area contributed by atoms with E-state index in [2.05, 4.69) is 0 Å². The van der Waals surface area contributed by atoms with E-state index in [-0.39, 0.29) is 5.75 Å². The molecular weight excluding hydrogens is 194 g/mol. The summed E-state index contributed by atoms with van der Waals surface area (Å²) in [5, 5.41) is 11.4. The average Bonchev–Trinajstić information content (AvgIpc) is 2.41. The Labute approximate surface area is 78.2 Å². The zero-order valence-corrected chi connectivity index (χ0v) is 7.62. The second kappa shape index (κ2) is 2.54. The summed E-state index contributed by atoms with van der Waals surface area (Å²) < 4.78 is 0.842. The molecule has 0 amide bonds. The van der Waals surface area contributed by atoms with Crippen LogP contribution in [0.2, 0.25) is 5.02 Å². The van der Waals surface area contributed by atoms with Crippen LogP contribution in [0.5, 0.6) is 5.75 Å². The first-order valence-electron chi connectivity index (χ1n) is 3.35. The monoisotopic (exact) mass is 199 g/mol. The van der Waals surface area contributed by atoms with E-state index in [1.54, 1.807) is 18.2 Å². The molecule has 2 aromatic rings. The number of aromatic hydroxyl groups is 1. The third-order valence-corrected chi connectivity index (χ3v) is 3.06. The van der Waals surface area contributed by atoms with Gasteiger partial charge in [-0.05, 0) is 18.2 Å². The molecule has 3 N–H and O–H groups in total. The Bertz CT molecular complexity index is 399. The van der Waals surface area contributed by atoms with Crippen LogP contribution >= 0.6 is 22.9 Å². The van der Waals surface area contributed by atoms with Gasteiger partial charge in [0.25, 0.3) is 0 Å². The van der Waals surface area contributed by atoms with Gasteiger partial charge in [0.1, 0.15) is 5.75 Å². The van der Waals surface area contributed by atoms with Crippen molar-refractivity contribution in [3.63, 3.8) is 0 Å². The number of thiophene rings is 1. The number of hydrogen-bond acceptors (Lipinski definition) is 3. The van der Waals surface area contributed by atoms with Crippen molar-refractivity contribution < 1.29 is 5.11 Å². The Morgan fingerprint density at radius 3 is 2.83 bits per heavy atom. The highest BCUT2D eigenvalue weighted by Crippen LogP contribution is 2.38. The molecule has 0 atom stereocenters. The lowest BCUT2D eigenvalue weighted by molar-refractivity contribution is 0.482. The first-order chi connectivity index (χ1) is 5.68. The van der Waals surface area contributed by atoms with E-state index in [0.29, 0.717) is 10.0 Å². The summed E-state index contributed by atoms with van der Waals surface area (Å²) in [5.74, 6) is 0.224. The number of fused-ring (bicyclic) bond motifs is 1. The van der Waals surface area contributed by atoms with Crippen molar-refractivity contribution in [2.45, 2.75) is 0 Å². The minimum absolute atomic E-state index is 0.224. The first kappa shape index (κ1) is 7.71. The minimum atomic E-state index is 0.224. The molecule has 0 aliphatic carbocycles. The summed E-state index contributed by atoms with van der Waals surface area (Å²) in [5.41, 5.74) is 5.58. The zero-order valence-electron chi connectivity index (χ0n) is 6.04. The second-order valence-electron chi connectivity index (χ2n) is 2.46. The summed E-state index contributed by atoms with van der Waals surface area (Å²) in [4.78, 5) is 0. The maximum absolute atomic E-state index is 9.40. The molecule has 0 aliphatic rings. The molecule has 4 heteroatoms. The Morgan fingerprint density at radius 2 is 2.17 bits per heavy atom. The van der Waals surface area contributed by atoms with Crippen molar-refractivity contribution in [2.24, 2.45) is 0 Å². The molecule has 1 aromatic heterocycles.